The predicted octanol–water partition coefficient (Wildman–Crippen LogP) is 3.26. The molecule has 2 aliphatic heterocycles. The number of nitrogens with zero attached hydrogens (tertiary/aromatic N) is 2. The van der Waals surface area contributed by atoms with Gasteiger partial charge in [0.25, 0.3) is 0 Å². The molecule has 3 rings (SSSR count). The molecular weight excluding hydrogens is 317 g/mol. The van der Waals surface area contributed by atoms with Crippen molar-refractivity contribution in [2.45, 2.75) is 18.9 Å². The summed E-state index contributed by atoms with van der Waals surface area (Å²) in [6, 6.07) is 9.47. The highest BCUT2D eigenvalue weighted by Gasteiger charge is 2.19. The van der Waals surface area contributed by atoms with Gasteiger partial charge in [0, 0.05) is 45.0 Å². The zero-order chi connectivity index (χ0) is 13.8. The van der Waals surface area contributed by atoms with Crippen molar-refractivity contribution in [1.82, 2.24) is 10.2 Å². The first kappa shape index (κ1) is 19.3. The molecule has 0 radical (unpaired) electrons. The summed E-state index contributed by atoms with van der Waals surface area (Å²) in [7, 11) is 0. The first-order valence-corrected chi connectivity index (χ1v) is 7.81. The molecule has 5 heteroatoms. The molecule has 0 aromatic heterocycles. The van der Waals surface area contributed by atoms with E-state index >= 15 is 0 Å². The maximum Gasteiger partial charge on any atom is 0.0530 e. The summed E-state index contributed by atoms with van der Waals surface area (Å²) in [6.45, 7) is 10.8. The molecule has 2 heterocycles. The number of hydrogen-bond donors (Lipinski definition) is 1. The average Bonchev–Trinajstić information content (AvgIpc) is 3.04. The van der Waals surface area contributed by atoms with Gasteiger partial charge >= 0.3 is 0 Å². The zero-order valence-electron chi connectivity index (χ0n) is 13.0. The molecule has 1 aromatic carbocycles. The summed E-state index contributed by atoms with van der Waals surface area (Å²) in [6.07, 6.45) is 4.74. The molecule has 0 saturated carbocycles. The number of hydrogen-bond acceptors (Lipinski definition) is 3. The summed E-state index contributed by atoms with van der Waals surface area (Å²) in [5.41, 5.74) is 2.74. The second-order valence-electron chi connectivity index (χ2n) is 5.75. The Labute approximate surface area is 146 Å². The van der Waals surface area contributed by atoms with Crippen molar-refractivity contribution in [3.05, 3.63) is 42.5 Å². The Bertz CT molecular complexity index is 438. The molecule has 0 aliphatic carbocycles. The number of anilines is 1. The fraction of sp³-hybridized carbons (Fsp3) is 0.529. The smallest absolute Gasteiger partial charge is 0.0530 e. The first-order valence-electron chi connectivity index (χ1n) is 7.81. The SMILES string of the molecule is C=C[C@H](c1ccc(N2CCCC2)cc1)N1CCNCC1.Cl.Cl. The third-order valence-corrected chi connectivity index (χ3v) is 4.47. The second kappa shape index (κ2) is 9.41. The van der Waals surface area contributed by atoms with E-state index in [4.69, 9.17) is 0 Å². The van der Waals surface area contributed by atoms with Crippen LogP contribution in [0.5, 0.6) is 0 Å². The van der Waals surface area contributed by atoms with Gasteiger partial charge in [-0.05, 0) is 30.5 Å². The van der Waals surface area contributed by atoms with Gasteiger partial charge in [0.15, 0.2) is 0 Å². The Morgan fingerprint density at radius 2 is 1.55 bits per heavy atom. The van der Waals surface area contributed by atoms with E-state index in [9.17, 15) is 0 Å². The van der Waals surface area contributed by atoms with E-state index in [2.05, 4.69) is 52.0 Å². The van der Waals surface area contributed by atoms with E-state index < -0.39 is 0 Å². The summed E-state index contributed by atoms with van der Waals surface area (Å²) in [5.74, 6) is 0. The molecule has 1 atom stereocenters. The molecule has 3 nitrogen and oxygen atoms in total. The van der Waals surface area contributed by atoms with Crippen LogP contribution in [0.15, 0.2) is 36.9 Å². The highest BCUT2D eigenvalue weighted by atomic mass is 35.5. The quantitative estimate of drug-likeness (QED) is 0.846. The molecule has 1 N–H and O–H groups in total. The highest BCUT2D eigenvalue weighted by Crippen LogP contribution is 2.26. The van der Waals surface area contributed by atoms with Crippen LogP contribution in [-0.4, -0.2) is 44.2 Å². The van der Waals surface area contributed by atoms with E-state index in [0.29, 0.717) is 6.04 Å². The van der Waals surface area contributed by atoms with Crippen molar-refractivity contribution in [3.63, 3.8) is 0 Å². The van der Waals surface area contributed by atoms with Crippen LogP contribution in [-0.2, 0) is 0 Å². The summed E-state index contributed by atoms with van der Waals surface area (Å²) in [5, 5.41) is 3.41. The van der Waals surface area contributed by atoms with Crippen LogP contribution in [0.25, 0.3) is 0 Å². The van der Waals surface area contributed by atoms with Gasteiger partial charge in [-0.15, -0.1) is 31.4 Å². The van der Waals surface area contributed by atoms with Crippen molar-refractivity contribution in [2.75, 3.05) is 44.2 Å². The van der Waals surface area contributed by atoms with Gasteiger partial charge in [0.2, 0.25) is 0 Å². The van der Waals surface area contributed by atoms with Crippen LogP contribution in [0.2, 0.25) is 0 Å². The molecule has 0 amide bonds. The van der Waals surface area contributed by atoms with Crippen LogP contribution in [0.1, 0.15) is 24.4 Å². The third-order valence-electron chi connectivity index (χ3n) is 4.47. The van der Waals surface area contributed by atoms with Crippen LogP contribution in [0, 0.1) is 0 Å². The number of piperazine rings is 1. The summed E-state index contributed by atoms with van der Waals surface area (Å²) >= 11 is 0. The van der Waals surface area contributed by atoms with E-state index in [1.54, 1.807) is 0 Å². The van der Waals surface area contributed by atoms with Gasteiger partial charge in [-0.2, -0.15) is 0 Å². The van der Waals surface area contributed by atoms with E-state index in [1.165, 1.54) is 37.2 Å². The predicted molar refractivity (Wildman–Crippen MR) is 99.8 cm³/mol. The highest BCUT2D eigenvalue weighted by molar-refractivity contribution is 5.85. The third kappa shape index (κ3) is 4.39. The minimum Gasteiger partial charge on any atom is -0.372 e. The fourth-order valence-electron chi connectivity index (χ4n) is 3.31. The van der Waals surface area contributed by atoms with Gasteiger partial charge < -0.3 is 10.2 Å². The standard InChI is InChI=1S/C17H25N3.2ClH/c1-2-17(20-13-9-18-10-14-20)15-5-7-16(8-6-15)19-11-3-4-12-19;;/h2,5-8,17-18H,1,3-4,9-14H2;2*1H/t17-;;/m1../s1. The van der Waals surface area contributed by atoms with Crippen molar-refractivity contribution in [2.24, 2.45) is 0 Å². The minimum absolute atomic E-state index is 0. The van der Waals surface area contributed by atoms with Crippen molar-refractivity contribution < 1.29 is 0 Å². The van der Waals surface area contributed by atoms with Crippen LogP contribution < -0.4 is 10.2 Å². The van der Waals surface area contributed by atoms with Gasteiger partial charge in [-0.1, -0.05) is 18.2 Å². The molecule has 2 fully saturated rings. The summed E-state index contributed by atoms with van der Waals surface area (Å²) < 4.78 is 0. The lowest BCUT2D eigenvalue weighted by Gasteiger charge is -2.33. The maximum atomic E-state index is 4.04. The lowest BCUT2D eigenvalue weighted by Crippen LogP contribution is -2.44. The van der Waals surface area contributed by atoms with Crippen LogP contribution in [0.4, 0.5) is 5.69 Å². The molecule has 2 aliphatic rings. The van der Waals surface area contributed by atoms with Gasteiger partial charge in [-0.3, -0.25) is 4.90 Å². The van der Waals surface area contributed by atoms with Gasteiger partial charge in [-0.25, -0.2) is 0 Å². The zero-order valence-corrected chi connectivity index (χ0v) is 14.7. The Morgan fingerprint density at radius 3 is 2.09 bits per heavy atom. The molecule has 2 saturated heterocycles. The minimum atomic E-state index is 0. The normalized spacial score (nSPS) is 19.9. The summed E-state index contributed by atoms with van der Waals surface area (Å²) in [4.78, 5) is 4.99. The fourth-order valence-corrected chi connectivity index (χ4v) is 3.31. The number of nitrogens with one attached hydrogen (secondary N) is 1. The first-order chi connectivity index (χ1) is 9.88. The van der Waals surface area contributed by atoms with Crippen molar-refractivity contribution in [3.8, 4) is 0 Å². The number of halogens is 2. The topological polar surface area (TPSA) is 18.5 Å². The lowest BCUT2D eigenvalue weighted by atomic mass is 10.0. The van der Waals surface area contributed by atoms with E-state index in [0.717, 1.165) is 26.2 Å². The van der Waals surface area contributed by atoms with Crippen molar-refractivity contribution >= 4 is 30.5 Å². The van der Waals surface area contributed by atoms with E-state index in [1.807, 2.05) is 0 Å². The van der Waals surface area contributed by atoms with Gasteiger partial charge in [0.05, 0.1) is 6.04 Å². The van der Waals surface area contributed by atoms with Gasteiger partial charge in [0.1, 0.15) is 0 Å². The number of rotatable bonds is 4. The average molecular weight is 344 g/mol. The largest absolute Gasteiger partial charge is 0.372 e. The molecular formula is C17H27Cl2N3. The second-order valence-corrected chi connectivity index (χ2v) is 5.75. The van der Waals surface area contributed by atoms with Crippen LogP contribution >= 0.6 is 24.8 Å². The maximum absolute atomic E-state index is 4.04. The number of benzene rings is 1. The molecule has 124 valence electrons. The lowest BCUT2D eigenvalue weighted by molar-refractivity contribution is 0.203. The van der Waals surface area contributed by atoms with Crippen molar-refractivity contribution in [1.29, 1.82) is 0 Å². The Kier molecular flexibility index (Phi) is 8.26. The molecule has 22 heavy (non-hydrogen) atoms. The Morgan fingerprint density at radius 1 is 0.955 bits per heavy atom. The molecule has 0 spiro atoms. The molecule has 0 unspecified atom stereocenters. The Balaban J connectivity index is 0.00000121. The Hall–Kier alpha value is -0.740. The molecule has 0 bridgehead atoms. The monoisotopic (exact) mass is 343 g/mol. The molecule has 1 aromatic rings. The van der Waals surface area contributed by atoms with Crippen LogP contribution in [0.3, 0.4) is 0 Å². The van der Waals surface area contributed by atoms with E-state index in [-0.39, 0.29) is 24.8 Å².